The molecular formula is C116H144N12O12S4. The second-order valence-electron chi connectivity index (χ2n) is 44.5. The number of allylic oxidation sites excluding steroid dienone is 6. The number of hydrogen-bond donors (Lipinski definition) is 6. The first-order valence-corrected chi connectivity index (χ1v) is 57.0. The fourth-order valence-corrected chi connectivity index (χ4v) is 25.8. The zero-order chi connectivity index (χ0) is 102. The Kier molecular flexibility index (Phi) is 35.0. The summed E-state index contributed by atoms with van der Waals surface area (Å²) in [7, 11) is -3.81. The van der Waals surface area contributed by atoms with Gasteiger partial charge in [-0.15, -0.1) is 34.0 Å². The van der Waals surface area contributed by atoms with Crippen LogP contribution in [0.2, 0.25) is 0 Å². The van der Waals surface area contributed by atoms with E-state index < -0.39 is 63.7 Å². The summed E-state index contributed by atoms with van der Waals surface area (Å²) in [5.74, 6) is 5.01. The van der Waals surface area contributed by atoms with E-state index in [0.29, 0.717) is 57.4 Å². The number of carboxylic acid groups (broad SMARTS) is 2. The van der Waals surface area contributed by atoms with Gasteiger partial charge in [0.15, 0.2) is 17.5 Å². The van der Waals surface area contributed by atoms with Crippen LogP contribution in [0, 0.1) is 65.1 Å². The van der Waals surface area contributed by atoms with Crippen molar-refractivity contribution in [3.8, 4) is 34.2 Å². The lowest BCUT2D eigenvalue weighted by Crippen LogP contribution is -2.59. The number of benzene rings is 3. The third-order valence-electron chi connectivity index (χ3n) is 31.6. The van der Waals surface area contributed by atoms with E-state index in [4.69, 9.17) is 19.9 Å². The Morgan fingerprint density at radius 1 is 0.403 bits per heavy atom. The number of amides is 6. The molecule has 8 heterocycles. The molecule has 4 saturated carbocycles. The predicted molar refractivity (Wildman–Crippen MR) is 571 cm³/mol. The number of aromatic nitrogens is 6. The molecule has 18 rings (SSSR count). The highest BCUT2D eigenvalue weighted by molar-refractivity contribution is 7.89. The SMILES string of the molecule is CC1CCC(C2CC=C(c3cnc(-c4ccc(C[C@H](NC(=O)c5ccc(C(C)(C)C)s5)C(=O)N5CC[C@H](C(=O)O)C5)cc4)nc3)CC2)CC1.CC1CCC(C2CC=C(c3cnc(-c4ccc(C[C@H](NC(=O)c5ccc(C(C)(C)C)s5)C(=O)NS(C)(=O)=O)cc4)nc3)CC2)CC1.CCCC1CCC(C2CC=C(c3cnc(-c4ccc(C[C@H](NC(=O)c5ccc(C6CC6)s5)C(=O)N5CC(C(=O)O)C5)cc4)nc3)CC2)CC1. The standard InChI is InChI=1S/C40H48N4O4S.C40H50N4O4S.C36H46N4O4S2/c1-2-3-25-4-8-27(9-5-25)28-12-14-29(15-13-28)32-21-41-37(42-22-32)31-10-6-26(7-11-31)20-34(39(46)44-23-33(24-44)40(47)48)43-38(45)36-19-18-35(49-36)30-16-17-30;1-25-5-9-27(10-6-25)28-13-15-29(16-14-28)32-22-41-36(42-23-32)30-11-7-26(8-12-30)21-33(38(46)44-20-19-31(24-44)39(47)48)43-37(45)34-17-18-35(49-34)40(2,3)4;1-23-6-10-25(11-7-23)26-14-16-27(17-15-26)29-21-37-33(38-22-29)28-12-8-24(9-13-28)20-30(34(41)40-46(5,43)44)39-35(42)31-18-19-32(45-31)36(2,3)4/h6-7,10-11,14,18-19,21-22,25,27-28,30,33-34H,2-5,8-9,12-13,15-17,20,23-24H2,1H3,(H,43,45)(H,47,48);7-8,11-12,15,17-18,22-23,25,27-28,31,33H,5-6,9-10,13-14,16,19-21,24H2,1-4H3,(H,43,45)(H,47,48);8-9,12-13,16,18-19,21-23,25-26,30H,6-7,10-11,14-15,17,20H2,1-5H3,(H,39,42)(H,40,41)/t25?,27?,28?,34-;25?,27?,28?,31-,33-;23?,25?,26?,30-/m000/s1. The van der Waals surface area contributed by atoms with E-state index in [1.165, 1.54) is 176 Å². The van der Waals surface area contributed by atoms with Crippen molar-refractivity contribution in [3.63, 3.8) is 0 Å². The molecule has 144 heavy (non-hydrogen) atoms. The van der Waals surface area contributed by atoms with Gasteiger partial charge in [0, 0.05) is 131 Å². The minimum atomic E-state index is -3.81. The number of carbonyl (C=O) groups excluding carboxylic acids is 6. The minimum absolute atomic E-state index is 0.0877. The molecule has 9 aliphatic rings. The molecule has 0 bridgehead atoms. The maximum atomic E-state index is 13.7. The van der Waals surface area contributed by atoms with Gasteiger partial charge in [-0.3, -0.25) is 43.1 Å². The molecule has 3 unspecified atom stereocenters. The van der Waals surface area contributed by atoms with Crippen molar-refractivity contribution >= 4 is 108 Å². The fraction of sp³-hybridized carbons (Fsp3) is 0.517. The third-order valence-corrected chi connectivity index (χ3v) is 36.4. The Bertz CT molecular complexity index is 6180. The lowest BCUT2D eigenvalue weighted by Gasteiger charge is -2.38. The van der Waals surface area contributed by atoms with E-state index >= 15 is 0 Å². The van der Waals surface area contributed by atoms with Crippen molar-refractivity contribution in [2.24, 2.45) is 65.1 Å². The van der Waals surface area contributed by atoms with Gasteiger partial charge in [-0.1, -0.05) is 205 Å². The molecule has 24 nitrogen and oxygen atoms in total. The Labute approximate surface area is 861 Å². The molecule has 2 aliphatic heterocycles. The second kappa shape index (κ2) is 47.6. The zero-order valence-electron chi connectivity index (χ0n) is 85.3. The van der Waals surface area contributed by atoms with Crippen molar-refractivity contribution in [2.75, 3.05) is 32.4 Å². The molecular weight excluding hydrogens is 1880 g/mol. The molecule has 764 valence electrons. The number of nitrogens with zero attached hydrogens (tertiary/aromatic N) is 8. The van der Waals surface area contributed by atoms with E-state index in [2.05, 4.69) is 106 Å². The highest BCUT2D eigenvalue weighted by Gasteiger charge is 2.42. The van der Waals surface area contributed by atoms with Crippen molar-refractivity contribution in [3.05, 3.63) is 227 Å². The van der Waals surface area contributed by atoms with Crippen molar-refractivity contribution in [1.82, 2.24) is 60.4 Å². The van der Waals surface area contributed by atoms with Gasteiger partial charge >= 0.3 is 11.9 Å². The molecule has 6 aromatic heterocycles. The summed E-state index contributed by atoms with van der Waals surface area (Å²) in [6.45, 7) is 20.4. The average molecular weight is 2030 g/mol. The second-order valence-corrected chi connectivity index (χ2v) is 49.5. The fourth-order valence-electron chi connectivity index (χ4n) is 22.3. The molecule has 9 aromatic rings. The molecule has 28 heteroatoms. The van der Waals surface area contributed by atoms with E-state index in [-0.39, 0.29) is 66.9 Å². The largest absolute Gasteiger partial charge is 0.481 e. The van der Waals surface area contributed by atoms with Gasteiger partial charge in [0.1, 0.15) is 18.1 Å². The van der Waals surface area contributed by atoms with Crippen LogP contribution in [0.25, 0.3) is 50.9 Å². The molecule has 7 atom stereocenters. The van der Waals surface area contributed by atoms with Gasteiger partial charge in [-0.25, -0.2) is 38.3 Å². The van der Waals surface area contributed by atoms with Crippen LogP contribution in [-0.4, -0.2) is 156 Å². The van der Waals surface area contributed by atoms with Crippen LogP contribution in [0.1, 0.15) is 312 Å². The maximum Gasteiger partial charge on any atom is 0.310 e. The smallest absolute Gasteiger partial charge is 0.310 e. The number of likely N-dealkylation sites (tertiary alicyclic amines) is 2. The summed E-state index contributed by atoms with van der Waals surface area (Å²) >= 11 is 4.27. The van der Waals surface area contributed by atoms with Gasteiger partial charge in [-0.2, -0.15) is 0 Å². The van der Waals surface area contributed by atoms with Gasteiger partial charge in [0.05, 0.1) is 32.7 Å². The number of sulfonamides is 1. The molecule has 6 amide bonds. The van der Waals surface area contributed by atoms with Crippen LogP contribution >= 0.6 is 34.0 Å². The lowest BCUT2D eigenvalue weighted by atomic mass is 9.70. The van der Waals surface area contributed by atoms with Crippen molar-refractivity contribution < 1.29 is 57.0 Å². The van der Waals surface area contributed by atoms with Crippen LogP contribution in [0.15, 0.2) is 165 Å². The van der Waals surface area contributed by atoms with Crippen LogP contribution in [0.5, 0.6) is 0 Å². The van der Waals surface area contributed by atoms with Gasteiger partial charge in [-0.05, 0) is 255 Å². The molecule has 6 fully saturated rings. The summed E-state index contributed by atoms with van der Waals surface area (Å²) in [5.41, 5.74) is 12.2. The Balaban J connectivity index is 0.000000155. The Morgan fingerprint density at radius 3 is 1.08 bits per heavy atom. The van der Waals surface area contributed by atoms with Crippen LogP contribution in [0.3, 0.4) is 0 Å². The summed E-state index contributed by atoms with van der Waals surface area (Å²) < 4.78 is 25.7. The molecule has 3 aromatic carbocycles. The maximum absolute atomic E-state index is 13.7. The molecule has 7 aliphatic carbocycles. The number of rotatable bonds is 30. The summed E-state index contributed by atoms with van der Waals surface area (Å²) in [6.07, 6.45) is 53.0. The quantitative estimate of drug-likeness (QED) is 0.0243. The molecule has 0 spiro atoms. The first-order chi connectivity index (χ1) is 69.0. The first kappa shape index (κ1) is 106. The molecule has 6 N–H and O–H groups in total. The highest BCUT2D eigenvalue weighted by Crippen LogP contribution is 2.47. The van der Waals surface area contributed by atoms with Crippen molar-refractivity contribution in [2.45, 2.75) is 283 Å². The predicted octanol–water partition coefficient (Wildman–Crippen LogP) is 22.5. The Hall–Kier alpha value is -11.1. The number of carboxylic acids is 2. The Morgan fingerprint density at radius 2 is 0.750 bits per heavy atom. The summed E-state index contributed by atoms with van der Waals surface area (Å²) in [5, 5.41) is 27.5. The van der Waals surface area contributed by atoms with Gasteiger partial charge in [0.25, 0.3) is 23.6 Å². The number of hydrogen-bond acceptors (Lipinski definition) is 19. The monoisotopic (exact) mass is 2020 g/mol. The highest BCUT2D eigenvalue weighted by atomic mass is 32.2. The normalized spacial score (nSPS) is 22.7. The van der Waals surface area contributed by atoms with Crippen LogP contribution in [-0.2, 0) is 64.1 Å². The number of thiophene rings is 3. The number of carbonyl (C=O) groups is 8. The van der Waals surface area contributed by atoms with E-state index in [1.807, 2.05) is 139 Å². The van der Waals surface area contributed by atoms with E-state index in [9.17, 15) is 57.0 Å². The number of aliphatic carboxylic acids is 2. The van der Waals surface area contributed by atoms with E-state index in [1.54, 1.807) is 17.0 Å². The average Bonchev–Trinajstić information content (AvgIpc) is 1.73. The minimum Gasteiger partial charge on any atom is -0.481 e. The van der Waals surface area contributed by atoms with E-state index in [0.717, 1.165) is 164 Å². The summed E-state index contributed by atoms with van der Waals surface area (Å²) in [4.78, 5) is 139. The molecule has 0 radical (unpaired) electrons. The van der Waals surface area contributed by atoms with Crippen LogP contribution in [0.4, 0.5) is 0 Å². The van der Waals surface area contributed by atoms with Gasteiger partial charge < -0.3 is 36.0 Å². The van der Waals surface area contributed by atoms with Crippen LogP contribution < -0.4 is 20.7 Å². The first-order valence-electron chi connectivity index (χ1n) is 52.6. The molecule has 2 saturated heterocycles. The van der Waals surface area contributed by atoms with Crippen molar-refractivity contribution in [1.29, 1.82) is 0 Å². The zero-order valence-corrected chi connectivity index (χ0v) is 88.5. The number of nitrogens with one attached hydrogen (secondary N) is 4. The van der Waals surface area contributed by atoms with Gasteiger partial charge in [0.2, 0.25) is 21.8 Å². The lowest BCUT2D eigenvalue weighted by molar-refractivity contribution is -0.153. The third kappa shape index (κ3) is 28.2. The topological polar surface area (TPSA) is 343 Å². The summed E-state index contributed by atoms with van der Waals surface area (Å²) in [6, 6.07) is 31.6.